The largest absolute Gasteiger partial charge is 0.389 e. The normalized spacial score (nSPS) is 19.9. The predicted molar refractivity (Wildman–Crippen MR) is 95.1 cm³/mol. The van der Waals surface area contributed by atoms with E-state index in [0.717, 1.165) is 58.1 Å². The number of piperazine rings is 1. The smallest absolute Gasteiger partial charge is 0.356 e. The molecular formula is C17H30F3N5O. The number of carbonyl (C=O) groups excluding carboxylic acids is 1. The van der Waals surface area contributed by atoms with Gasteiger partial charge in [0.1, 0.15) is 0 Å². The minimum absolute atomic E-state index is 0.125. The number of nitrogens with zero attached hydrogens (tertiary/aromatic N) is 4. The van der Waals surface area contributed by atoms with Crippen molar-refractivity contribution >= 4 is 11.9 Å². The number of likely N-dealkylation sites (tertiary alicyclic amines) is 1. The van der Waals surface area contributed by atoms with Gasteiger partial charge in [0.15, 0.2) is 5.96 Å². The summed E-state index contributed by atoms with van der Waals surface area (Å²) in [6.45, 7) is 5.80. The lowest BCUT2D eigenvalue weighted by molar-refractivity contribution is -0.135. The number of nitrogens with one attached hydrogen (secondary N) is 1. The molecule has 0 saturated carbocycles. The summed E-state index contributed by atoms with van der Waals surface area (Å²) < 4.78 is 36.4. The van der Waals surface area contributed by atoms with Gasteiger partial charge in [-0.2, -0.15) is 13.2 Å². The summed E-state index contributed by atoms with van der Waals surface area (Å²) in [6, 6.07) is 0. The van der Waals surface area contributed by atoms with Crippen LogP contribution in [-0.4, -0.2) is 92.1 Å². The number of amides is 1. The van der Waals surface area contributed by atoms with Crippen molar-refractivity contribution in [3.05, 3.63) is 0 Å². The first-order valence-electron chi connectivity index (χ1n) is 9.41. The quantitative estimate of drug-likeness (QED) is 0.433. The average molecular weight is 377 g/mol. The second-order valence-corrected chi connectivity index (χ2v) is 6.90. The van der Waals surface area contributed by atoms with Gasteiger partial charge in [-0.1, -0.05) is 0 Å². The average Bonchev–Trinajstić information content (AvgIpc) is 3.13. The summed E-state index contributed by atoms with van der Waals surface area (Å²) in [5.74, 6) is 0.936. The zero-order chi connectivity index (χ0) is 19.0. The van der Waals surface area contributed by atoms with E-state index in [4.69, 9.17) is 0 Å². The fourth-order valence-corrected chi connectivity index (χ4v) is 3.36. The third kappa shape index (κ3) is 7.01. The van der Waals surface area contributed by atoms with Crippen molar-refractivity contribution in [3.8, 4) is 0 Å². The Kier molecular flexibility index (Phi) is 7.99. The number of carbonyl (C=O) groups is 1. The molecule has 0 aromatic heterocycles. The van der Waals surface area contributed by atoms with Crippen molar-refractivity contribution in [1.82, 2.24) is 20.0 Å². The lowest BCUT2D eigenvalue weighted by atomic mass is 10.2. The Morgan fingerprint density at radius 2 is 1.65 bits per heavy atom. The number of aliphatic imine (C=N–C) groups is 1. The Balaban J connectivity index is 1.64. The molecule has 1 amide bonds. The van der Waals surface area contributed by atoms with Crippen LogP contribution >= 0.6 is 0 Å². The SMILES string of the molecule is CN=C(NCCCCC(F)(F)F)N1CCN(CC(=O)N2CCCC2)CC1. The van der Waals surface area contributed by atoms with Crippen LogP contribution in [0.5, 0.6) is 0 Å². The van der Waals surface area contributed by atoms with Crippen LogP contribution in [0.2, 0.25) is 0 Å². The maximum atomic E-state index is 12.2. The van der Waals surface area contributed by atoms with Crippen LogP contribution in [0.15, 0.2) is 4.99 Å². The van der Waals surface area contributed by atoms with Gasteiger partial charge in [-0.15, -0.1) is 0 Å². The first-order chi connectivity index (χ1) is 12.4. The fraction of sp³-hybridized carbons (Fsp3) is 0.882. The van der Waals surface area contributed by atoms with Crippen LogP contribution < -0.4 is 5.32 Å². The van der Waals surface area contributed by atoms with Gasteiger partial charge < -0.3 is 15.1 Å². The second-order valence-electron chi connectivity index (χ2n) is 6.90. The highest BCUT2D eigenvalue weighted by Crippen LogP contribution is 2.21. The Bertz CT molecular complexity index is 470. The van der Waals surface area contributed by atoms with E-state index in [1.807, 2.05) is 4.90 Å². The molecule has 9 heteroatoms. The Labute approximate surface area is 153 Å². The van der Waals surface area contributed by atoms with Gasteiger partial charge >= 0.3 is 6.18 Å². The third-order valence-corrected chi connectivity index (χ3v) is 4.87. The van der Waals surface area contributed by atoms with E-state index in [1.165, 1.54) is 0 Å². The third-order valence-electron chi connectivity index (χ3n) is 4.87. The van der Waals surface area contributed by atoms with Gasteiger partial charge in [-0.25, -0.2) is 0 Å². The lowest BCUT2D eigenvalue weighted by Crippen LogP contribution is -2.54. The van der Waals surface area contributed by atoms with Gasteiger partial charge in [0.25, 0.3) is 0 Å². The zero-order valence-electron chi connectivity index (χ0n) is 15.5. The van der Waals surface area contributed by atoms with E-state index in [1.54, 1.807) is 7.05 Å². The molecular weight excluding hydrogens is 347 g/mol. The van der Waals surface area contributed by atoms with Crippen LogP contribution in [0.25, 0.3) is 0 Å². The molecule has 2 heterocycles. The van der Waals surface area contributed by atoms with Crippen LogP contribution in [0.4, 0.5) is 13.2 Å². The zero-order valence-corrected chi connectivity index (χ0v) is 15.5. The molecule has 2 aliphatic heterocycles. The maximum Gasteiger partial charge on any atom is 0.389 e. The van der Waals surface area contributed by atoms with Crippen molar-refractivity contribution < 1.29 is 18.0 Å². The molecule has 0 aromatic carbocycles. The maximum absolute atomic E-state index is 12.2. The molecule has 2 saturated heterocycles. The predicted octanol–water partition coefficient (Wildman–Crippen LogP) is 1.53. The fourth-order valence-electron chi connectivity index (χ4n) is 3.36. The van der Waals surface area contributed by atoms with Crippen LogP contribution in [0, 0.1) is 0 Å². The summed E-state index contributed by atoms with van der Waals surface area (Å²) >= 11 is 0. The van der Waals surface area contributed by atoms with E-state index in [-0.39, 0.29) is 12.3 Å². The highest BCUT2D eigenvalue weighted by molar-refractivity contribution is 5.80. The van der Waals surface area contributed by atoms with Crippen molar-refractivity contribution in [2.24, 2.45) is 4.99 Å². The van der Waals surface area contributed by atoms with Gasteiger partial charge in [-0.05, 0) is 25.7 Å². The first kappa shape index (κ1) is 20.8. The minimum atomic E-state index is -4.08. The van der Waals surface area contributed by atoms with Crippen molar-refractivity contribution in [2.45, 2.75) is 38.3 Å². The number of halogens is 3. The molecule has 6 nitrogen and oxygen atoms in total. The highest BCUT2D eigenvalue weighted by Gasteiger charge is 2.26. The molecule has 0 bridgehead atoms. The van der Waals surface area contributed by atoms with Gasteiger partial charge in [-0.3, -0.25) is 14.7 Å². The summed E-state index contributed by atoms with van der Waals surface area (Å²) in [6.07, 6.45) is -2.03. The number of hydrogen-bond acceptors (Lipinski definition) is 3. The number of unbranched alkanes of at least 4 members (excludes halogenated alkanes) is 1. The molecule has 0 unspecified atom stereocenters. The lowest BCUT2D eigenvalue weighted by Gasteiger charge is -2.36. The van der Waals surface area contributed by atoms with Crippen molar-refractivity contribution in [2.75, 3.05) is 59.4 Å². The molecule has 0 atom stereocenters. The van der Waals surface area contributed by atoms with E-state index in [9.17, 15) is 18.0 Å². The summed E-state index contributed by atoms with van der Waals surface area (Å²) in [4.78, 5) is 22.6. The summed E-state index contributed by atoms with van der Waals surface area (Å²) in [5.41, 5.74) is 0. The molecule has 150 valence electrons. The van der Waals surface area contributed by atoms with Crippen LogP contribution in [0.3, 0.4) is 0 Å². The number of guanidine groups is 1. The van der Waals surface area contributed by atoms with Crippen LogP contribution in [0.1, 0.15) is 32.1 Å². The first-order valence-corrected chi connectivity index (χ1v) is 9.41. The molecule has 2 fully saturated rings. The van der Waals surface area contributed by atoms with E-state index < -0.39 is 12.6 Å². The molecule has 0 aromatic rings. The van der Waals surface area contributed by atoms with Crippen molar-refractivity contribution in [3.63, 3.8) is 0 Å². The second kappa shape index (κ2) is 9.99. The van der Waals surface area contributed by atoms with Crippen LogP contribution in [-0.2, 0) is 4.79 Å². The number of alkyl halides is 3. The molecule has 0 radical (unpaired) electrons. The Morgan fingerprint density at radius 3 is 2.23 bits per heavy atom. The molecule has 2 rings (SSSR count). The van der Waals surface area contributed by atoms with E-state index in [0.29, 0.717) is 19.5 Å². The summed E-state index contributed by atoms with van der Waals surface area (Å²) in [5, 5.41) is 3.14. The number of rotatable bonds is 6. The molecule has 1 N–H and O–H groups in total. The molecule has 0 spiro atoms. The van der Waals surface area contributed by atoms with Crippen molar-refractivity contribution in [1.29, 1.82) is 0 Å². The Hall–Kier alpha value is -1.51. The van der Waals surface area contributed by atoms with Gasteiger partial charge in [0.05, 0.1) is 6.54 Å². The monoisotopic (exact) mass is 377 g/mol. The standard InChI is InChI=1S/C17H30F3N5O/c1-21-16(22-7-3-2-6-17(18,19)20)25-12-10-23(11-13-25)14-15(26)24-8-4-5-9-24/h2-14H2,1H3,(H,21,22). The van der Waals surface area contributed by atoms with E-state index in [2.05, 4.69) is 20.1 Å². The molecule has 2 aliphatic rings. The molecule has 0 aliphatic carbocycles. The van der Waals surface area contributed by atoms with Gasteiger partial charge in [0, 0.05) is 59.3 Å². The summed E-state index contributed by atoms with van der Waals surface area (Å²) in [7, 11) is 1.68. The number of hydrogen-bond donors (Lipinski definition) is 1. The van der Waals surface area contributed by atoms with Gasteiger partial charge in [0.2, 0.25) is 5.91 Å². The van der Waals surface area contributed by atoms with E-state index >= 15 is 0 Å². The minimum Gasteiger partial charge on any atom is -0.356 e. The highest BCUT2D eigenvalue weighted by atomic mass is 19.4. The molecule has 26 heavy (non-hydrogen) atoms. The Morgan fingerprint density at radius 1 is 1.00 bits per heavy atom. The topological polar surface area (TPSA) is 51.2 Å².